The maximum Gasteiger partial charge on any atom is 0.336 e. The third-order valence-electron chi connectivity index (χ3n) is 3.30. The highest BCUT2D eigenvalue weighted by Gasteiger charge is 2.09. The van der Waals surface area contributed by atoms with Crippen LogP contribution in [0.25, 0.3) is 11.0 Å². The quantitative estimate of drug-likeness (QED) is 0.543. The molecule has 8 heteroatoms. The van der Waals surface area contributed by atoms with Crippen LogP contribution in [0.2, 0.25) is 0 Å². The molecular weight excluding hydrogens is 310 g/mol. The molecule has 1 heterocycles. The van der Waals surface area contributed by atoms with Crippen LogP contribution in [0.15, 0.2) is 53.6 Å². The van der Waals surface area contributed by atoms with Crippen molar-refractivity contribution in [1.82, 2.24) is 20.4 Å². The SMILES string of the molecule is O=C(Cn1nnc2ccccc21)N/N=C/c1ccccc1C(=O)O. The van der Waals surface area contributed by atoms with Crippen LogP contribution in [0.4, 0.5) is 0 Å². The van der Waals surface area contributed by atoms with Crippen LogP contribution < -0.4 is 5.43 Å². The predicted octanol–water partition coefficient (Wildman–Crippen LogP) is 1.28. The molecule has 0 saturated heterocycles. The number of carboxylic acids is 1. The topological polar surface area (TPSA) is 109 Å². The second kappa shape index (κ2) is 6.69. The van der Waals surface area contributed by atoms with Crippen LogP contribution in [-0.2, 0) is 11.3 Å². The summed E-state index contributed by atoms with van der Waals surface area (Å²) in [5, 5.41) is 20.7. The van der Waals surface area contributed by atoms with Crippen molar-refractivity contribution in [2.75, 3.05) is 0 Å². The second-order valence-electron chi connectivity index (χ2n) is 4.92. The standard InChI is InChI=1S/C16H13N5O3/c22-15(10-21-14-8-4-3-7-13(14)18-20-21)19-17-9-11-5-1-2-6-12(11)16(23)24/h1-9H,10H2,(H,19,22)(H,23,24)/b17-9+. The third kappa shape index (κ3) is 3.27. The van der Waals surface area contributed by atoms with Gasteiger partial charge < -0.3 is 5.11 Å². The molecule has 0 bridgehead atoms. The van der Waals surface area contributed by atoms with Gasteiger partial charge in [-0.05, 0) is 18.2 Å². The first-order chi connectivity index (χ1) is 11.6. The number of fused-ring (bicyclic) bond motifs is 1. The molecule has 1 amide bonds. The van der Waals surface area contributed by atoms with E-state index in [-0.39, 0.29) is 12.1 Å². The molecule has 0 aliphatic heterocycles. The summed E-state index contributed by atoms with van der Waals surface area (Å²) in [6, 6.07) is 13.7. The molecule has 0 atom stereocenters. The summed E-state index contributed by atoms with van der Waals surface area (Å²) in [5.41, 5.74) is 4.30. The van der Waals surface area contributed by atoms with Crippen LogP contribution in [0.3, 0.4) is 0 Å². The second-order valence-corrected chi connectivity index (χ2v) is 4.92. The van der Waals surface area contributed by atoms with Crippen LogP contribution >= 0.6 is 0 Å². The molecular formula is C16H13N5O3. The van der Waals surface area contributed by atoms with E-state index in [0.717, 1.165) is 5.52 Å². The van der Waals surface area contributed by atoms with Gasteiger partial charge in [-0.3, -0.25) is 4.79 Å². The first kappa shape index (κ1) is 15.3. The first-order valence-corrected chi connectivity index (χ1v) is 7.07. The number of rotatable bonds is 5. The number of nitrogens with one attached hydrogen (secondary N) is 1. The maximum atomic E-state index is 11.9. The summed E-state index contributed by atoms with van der Waals surface area (Å²) >= 11 is 0. The third-order valence-corrected chi connectivity index (χ3v) is 3.30. The Morgan fingerprint density at radius 1 is 1.17 bits per heavy atom. The number of aromatic carboxylic acids is 1. The summed E-state index contributed by atoms with van der Waals surface area (Å²) in [6.07, 6.45) is 1.29. The molecule has 0 spiro atoms. The molecule has 1 aromatic heterocycles. The van der Waals surface area contributed by atoms with E-state index in [4.69, 9.17) is 5.11 Å². The molecule has 0 aliphatic rings. The number of carboxylic acid groups (broad SMARTS) is 1. The average Bonchev–Trinajstić information content (AvgIpc) is 2.98. The first-order valence-electron chi connectivity index (χ1n) is 7.07. The Morgan fingerprint density at radius 2 is 1.92 bits per heavy atom. The van der Waals surface area contributed by atoms with Gasteiger partial charge in [-0.15, -0.1) is 5.10 Å². The van der Waals surface area contributed by atoms with Crippen molar-refractivity contribution < 1.29 is 14.7 Å². The van der Waals surface area contributed by atoms with Gasteiger partial charge in [0.05, 0.1) is 17.3 Å². The molecule has 8 nitrogen and oxygen atoms in total. The van der Waals surface area contributed by atoms with Crippen molar-refractivity contribution in [3.05, 3.63) is 59.7 Å². The van der Waals surface area contributed by atoms with Gasteiger partial charge in [0.2, 0.25) is 0 Å². The van der Waals surface area contributed by atoms with Crippen molar-refractivity contribution in [3.63, 3.8) is 0 Å². The molecule has 0 saturated carbocycles. The van der Waals surface area contributed by atoms with E-state index in [2.05, 4.69) is 20.8 Å². The number of hydrazone groups is 1. The molecule has 2 aromatic carbocycles. The maximum absolute atomic E-state index is 11.9. The lowest BCUT2D eigenvalue weighted by molar-refractivity contribution is -0.121. The number of hydrogen-bond donors (Lipinski definition) is 2. The number of nitrogens with zero attached hydrogens (tertiary/aromatic N) is 4. The Bertz CT molecular complexity index is 932. The van der Waals surface area contributed by atoms with E-state index in [1.54, 1.807) is 24.3 Å². The van der Waals surface area contributed by atoms with Crippen molar-refractivity contribution >= 4 is 29.1 Å². The van der Waals surface area contributed by atoms with Gasteiger partial charge in [-0.2, -0.15) is 5.10 Å². The fraction of sp³-hybridized carbons (Fsp3) is 0.0625. The van der Waals surface area contributed by atoms with Gasteiger partial charge in [0.15, 0.2) is 0 Å². The number of benzene rings is 2. The number of para-hydroxylation sites is 1. The Labute approximate surface area is 136 Å². The molecule has 120 valence electrons. The fourth-order valence-electron chi connectivity index (χ4n) is 2.18. The van der Waals surface area contributed by atoms with E-state index < -0.39 is 11.9 Å². The van der Waals surface area contributed by atoms with E-state index in [1.807, 2.05) is 18.2 Å². The minimum Gasteiger partial charge on any atom is -0.478 e. The summed E-state index contributed by atoms with van der Waals surface area (Å²) in [7, 11) is 0. The number of carbonyl (C=O) groups is 2. The zero-order valence-corrected chi connectivity index (χ0v) is 12.5. The molecule has 0 fully saturated rings. The van der Waals surface area contributed by atoms with Gasteiger partial charge >= 0.3 is 5.97 Å². The molecule has 2 N–H and O–H groups in total. The van der Waals surface area contributed by atoms with Crippen LogP contribution in [0.1, 0.15) is 15.9 Å². The van der Waals surface area contributed by atoms with E-state index in [9.17, 15) is 9.59 Å². The lowest BCUT2D eigenvalue weighted by Crippen LogP contribution is -2.23. The molecule has 3 rings (SSSR count). The highest BCUT2D eigenvalue weighted by molar-refractivity contribution is 5.98. The smallest absolute Gasteiger partial charge is 0.336 e. The largest absolute Gasteiger partial charge is 0.478 e. The summed E-state index contributed by atoms with van der Waals surface area (Å²) < 4.78 is 1.46. The molecule has 24 heavy (non-hydrogen) atoms. The molecule has 0 aliphatic carbocycles. The Balaban J connectivity index is 1.67. The van der Waals surface area contributed by atoms with Crippen LogP contribution in [0, 0.1) is 0 Å². The zero-order chi connectivity index (χ0) is 16.9. The monoisotopic (exact) mass is 323 g/mol. The minimum atomic E-state index is -1.06. The highest BCUT2D eigenvalue weighted by atomic mass is 16.4. The van der Waals surface area contributed by atoms with Gasteiger partial charge in [0, 0.05) is 5.56 Å². The number of aromatic nitrogens is 3. The van der Waals surface area contributed by atoms with Gasteiger partial charge in [-0.25, -0.2) is 14.9 Å². The van der Waals surface area contributed by atoms with Crippen molar-refractivity contribution in [2.45, 2.75) is 6.54 Å². The van der Waals surface area contributed by atoms with Crippen molar-refractivity contribution in [2.24, 2.45) is 5.10 Å². The van der Waals surface area contributed by atoms with Crippen molar-refractivity contribution in [1.29, 1.82) is 0 Å². The molecule has 0 radical (unpaired) electrons. The summed E-state index contributed by atoms with van der Waals surface area (Å²) in [6.45, 7) is -0.0432. The Kier molecular flexibility index (Phi) is 4.28. The Morgan fingerprint density at radius 3 is 2.75 bits per heavy atom. The lowest BCUT2D eigenvalue weighted by atomic mass is 10.1. The van der Waals surface area contributed by atoms with E-state index in [0.29, 0.717) is 11.1 Å². The van der Waals surface area contributed by atoms with Gasteiger partial charge in [-0.1, -0.05) is 35.5 Å². The van der Waals surface area contributed by atoms with E-state index in [1.165, 1.54) is 17.0 Å². The number of carbonyl (C=O) groups excluding carboxylic acids is 1. The zero-order valence-electron chi connectivity index (χ0n) is 12.5. The number of amides is 1. The van der Waals surface area contributed by atoms with Gasteiger partial charge in [0.25, 0.3) is 5.91 Å². The lowest BCUT2D eigenvalue weighted by Gasteiger charge is -2.02. The Hall–Kier alpha value is -3.55. The predicted molar refractivity (Wildman–Crippen MR) is 86.7 cm³/mol. The van der Waals surface area contributed by atoms with Gasteiger partial charge in [0.1, 0.15) is 12.1 Å². The highest BCUT2D eigenvalue weighted by Crippen LogP contribution is 2.09. The fourth-order valence-corrected chi connectivity index (χ4v) is 2.18. The summed E-state index contributed by atoms with van der Waals surface area (Å²) in [5.74, 6) is -1.45. The minimum absolute atomic E-state index is 0.0432. The average molecular weight is 323 g/mol. The normalized spacial score (nSPS) is 11.0. The van der Waals surface area contributed by atoms with Crippen LogP contribution in [-0.4, -0.2) is 38.2 Å². The summed E-state index contributed by atoms with van der Waals surface area (Å²) in [4.78, 5) is 23.0. The molecule has 0 unspecified atom stereocenters. The van der Waals surface area contributed by atoms with Crippen molar-refractivity contribution in [3.8, 4) is 0 Å². The van der Waals surface area contributed by atoms with Crippen LogP contribution in [0.5, 0.6) is 0 Å². The number of hydrogen-bond acceptors (Lipinski definition) is 5. The van der Waals surface area contributed by atoms with E-state index >= 15 is 0 Å². The molecule has 3 aromatic rings.